The van der Waals surface area contributed by atoms with Gasteiger partial charge in [0.25, 0.3) is 0 Å². The van der Waals surface area contributed by atoms with Crippen molar-refractivity contribution in [2.75, 3.05) is 26.6 Å². The number of methoxy groups -OCH3 is 2. The number of imidazole rings is 1. The molecule has 0 aliphatic carbocycles. The van der Waals surface area contributed by atoms with Crippen molar-refractivity contribution < 1.29 is 18.7 Å². The number of aryl methyl sites for hydroxylation is 1. The largest absolute Gasteiger partial charge is 0.495 e. The zero-order chi connectivity index (χ0) is 24.5. The molecule has 1 heterocycles. The van der Waals surface area contributed by atoms with Crippen LogP contribution in [0.2, 0.25) is 0 Å². The molecule has 0 aliphatic rings. The Balaban J connectivity index is 1.73. The van der Waals surface area contributed by atoms with E-state index < -0.39 is 5.82 Å². The van der Waals surface area contributed by atoms with E-state index in [1.54, 1.807) is 25.6 Å². The van der Waals surface area contributed by atoms with Crippen molar-refractivity contribution >= 4 is 23.6 Å². The molecule has 1 aromatic heterocycles. The first kappa shape index (κ1) is 25.3. The quantitative estimate of drug-likeness (QED) is 0.303. The predicted molar refractivity (Wildman–Crippen MR) is 132 cm³/mol. The minimum atomic E-state index is -0.411. The van der Waals surface area contributed by atoms with Gasteiger partial charge in [0.05, 0.1) is 31.9 Å². The number of ether oxygens (including phenoxy) is 2. The van der Waals surface area contributed by atoms with Crippen molar-refractivity contribution in [1.29, 1.82) is 0 Å². The number of halogens is 2. The number of nitrogens with one attached hydrogen (secondary N) is 1. The highest BCUT2D eigenvalue weighted by Gasteiger charge is 2.12. The van der Waals surface area contributed by atoms with E-state index in [-0.39, 0.29) is 11.7 Å². The minimum Gasteiger partial charge on any atom is -0.495 e. The fourth-order valence-corrected chi connectivity index (χ4v) is 3.69. The normalized spacial score (nSPS) is 11.4. The smallest absolute Gasteiger partial charge is 0.247 e. The van der Waals surface area contributed by atoms with Crippen molar-refractivity contribution in [2.24, 2.45) is 0 Å². The van der Waals surface area contributed by atoms with E-state index in [1.165, 1.54) is 13.2 Å². The number of hydrogen-bond donors (Lipinski definition) is 1. The van der Waals surface area contributed by atoms with E-state index in [4.69, 9.17) is 21.1 Å². The number of carbonyl (C=O) groups excluding carboxylic acids is 1. The Morgan fingerprint density at radius 1 is 1.18 bits per heavy atom. The lowest BCUT2D eigenvalue weighted by molar-refractivity contribution is -0.117. The first-order chi connectivity index (χ1) is 16.4. The van der Waals surface area contributed by atoms with Crippen molar-refractivity contribution in [3.05, 3.63) is 77.1 Å². The number of alkyl halides is 1. The van der Waals surface area contributed by atoms with Gasteiger partial charge in [-0.15, -0.1) is 11.6 Å². The summed E-state index contributed by atoms with van der Waals surface area (Å²) < 4.78 is 26.1. The Kier molecular flexibility index (Phi) is 9.10. The van der Waals surface area contributed by atoms with E-state index in [0.29, 0.717) is 43.0 Å². The average molecular weight is 486 g/mol. The number of hydrogen-bond acceptors (Lipinski definition) is 4. The first-order valence-electron chi connectivity index (χ1n) is 11.0. The monoisotopic (exact) mass is 485 g/mol. The Morgan fingerprint density at radius 2 is 1.97 bits per heavy atom. The summed E-state index contributed by atoms with van der Waals surface area (Å²) in [5.41, 5.74) is 4.12. The van der Waals surface area contributed by atoms with Gasteiger partial charge in [0, 0.05) is 24.2 Å². The Bertz CT molecular complexity index is 1160. The molecule has 0 bridgehead atoms. The molecule has 6 nitrogen and oxygen atoms in total. The second kappa shape index (κ2) is 12.2. The summed E-state index contributed by atoms with van der Waals surface area (Å²) in [6.07, 6.45) is 7.29. The van der Waals surface area contributed by atoms with Crippen LogP contribution in [0.4, 0.5) is 4.39 Å². The van der Waals surface area contributed by atoms with Crippen LogP contribution in [0.3, 0.4) is 0 Å². The molecule has 0 aliphatic heterocycles. The summed E-state index contributed by atoms with van der Waals surface area (Å²) in [7, 11) is 3.04. The van der Waals surface area contributed by atoms with Crippen LogP contribution >= 0.6 is 11.6 Å². The van der Waals surface area contributed by atoms with Crippen LogP contribution in [0.15, 0.2) is 54.5 Å². The molecule has 0 atom stereocenters. The third-order valence-corrected chi connectivity index (χ3v) is 5.59. The van der Waals surface area contributed by atoms with E-state index in [9.17, 15) is 9.18 Å². The van der Waals surface area contributed by atoms with Gasteiger partial charge >= 0.3 is 0 Å². The number of aromatic nitrogens is 2. The highest BCUT2D eigenvalue weighted by atomic mass is 35.5. The van der Waals surface area contributed by atoms with E-state index >= 15 is 0 Å². The average Bonchev–Trinajstić information content (AvgIpc) is 3.28. The second-order valence-electron chi connectivity index (χ2n) is 7.79. The maximum Gasteiger partial charge on any atom is 0.247 e. The fourth-order valence-electron chi connectivity index (χ4n) is 3.55. The maximum absolute atomic E-state index is 13.6. The van der Waals surface area contributed by atoms with Crippen molar-refractivity contribution in [3.8, 4) is 17.2 Å². The van der Waals surface area contributed by atoms with Crippen LogP contribution in [-0.4, -0.2) is 42.1 Å². The van der Waals surface area contributed by atoms with Gasteiger partial charge in [0.15, 0.2) is 11.6 Å². The van der Waals surface area contributed by atoms with E-state index in [2.05, 4.69) is 10.3 Å². The molecule has 34 heavy (non-hydrogen) atoms. The molecule has 0 saturated heterocycles. The number of amides is 1. The molecule has 0 radical (unpaired) electrons. The van der Waals surface area contributed by atoms with Gasteiger partial charge in [-0.25, -0.2) is 9.37 Å². The van der Waals surface area contributed by atoms with E-state index in [1.807, 2.05) is 42.0 Å². The number of benzene rings is 2. The van der Waals surface area contributed by atoms with Crippen molar-refractivity contribution in [3.63, 3.8) is 0 Å². The molecule has 180 valence electrons. The van der Waals surface area contributed by atoms with Crippen molar-refractivity contribution in [2.45, 2.75) is 26.2 Å². The first-order valence-corrected chi connectivity index (χ1v) is 11.5. The second-order valence-corrected chi connectivity index (χ2v) is 8.17. The number of carbonyl (C=O) groups is 1. The van der Waals surface area contributed by atoms with Crippen LogP contribution in [0.25, 0.3) is 11.8 Å². The summed E-state index contributed by atoms with van der Waals surface area (Å²) in [6, 6.07) is 10.5. The predicted octanol–water partition coefficient (Wildman–Crippen LogP) is 5.10. The van der Waals surface area contributed by atoms with E-state index in [0.717, 1.165) is 22.5 Å². The third-order valence-electron chi connectivity index (χ3n) is 5.32. The molecule has 0 spiro atoms. The molecule has 1 amide bonds. The Morgan fingerprint density at radius 3 is 2.65 bits per heavy atom. The van der Waals surface area contributed by atoms with Gasteiger partial charge in [0.1, 0.15) is 5.75 Å². The molecule has 0 unspecified atom stereocenters. The lowest BCUT2D eigenvalue weighted by atomic mass is 10.0. The van der Waals surface area contributed by atoms with Gasteiger partial charge in [-0.3, -0.25) is 4.79 Å². The van der Waals surface area contributed by atoms with Crippen molar-refractivity contribution in [1.82, 2.24) is 14.9 Å². The Hall–Kier alpha value is -3.32. The molecule has 8 heteroatoms. The summed E-state index contributed by atoms with van der Waals surface area (Å²) in [6.45, 7) is 2.34. The van der Waals surface area contributed by atoms with Crippen LogP contribution in [0, 0.1) is 12.7 Å². The zero-order valence-electron chi connectivity index (χ0n) is 19.6. The summed E-state index contributed by atoms with van der Waals surface area (Å²) in [5, 5.41) is 2.95. The third kappa shape index (κ3) is 6.60. The molecular weight excluding hydrogens is 457 g/mol. The lowest BCUT2D eigenvalue weighted by Gasteiger charge is -2.12. The number of rotatable bonds is 11. The van der Waals surface area contributed by atoms with Crippen LogP contribution in [-0.2, 0) is 11.2 Å². The SMILES string of the molecule is COc1cc(CCNC(=O)C(=Cc2ccc(-n3cnc(C)c3)c(OC)c2)CCCCl)ccc1F. The van der Waals surface area contributed by atoms with Crippen LogP contribution in [0.1, 0.15) is 29.7 Å². The molecule has 2 aromatic carbocycles. The standard InChI is InChI=1S/C26H29ClFN3O3/c1-18-16-31(17-30-18)23-9-7-20(15-25(23)34-3)13-21(5-4-11-27)26(32)29-12-10-19-6-8-22(28)24(14-19)33-2/h6-9,13-17H,4-5,10-12H2,1-3H3,(H,29,32). The van der Waals surface area contributed by atoms with Gasteiger partial charge in [-0.05, 0) is 67.7 Å². The fraction of sp³-hybridized carbons (Fsp3) is 0.308. The highest BCUT2D eigenvalue weighted by Crippen LogP contribution is 2.26. The Labute approximate surface area is 204 Å². The molecule has 1 N–H and O–H groups in total. The summed E-state index contributed by atoms with van der Waals surface area (Å²) in [4.78, 5) is 17.2. The van der Waals surface area contributed by atoms with Crippen LogP contribution < -0.4 is 14.8 Å². The maximum atomic E-state index is 13.6. The van der Waals surface area contributed by atoms with Crippen LogP contribution in [0.5, 0.6) is 11.5 Å². The van der Waals surface area contributed by atoms with Gasteiger partial charge in [0.2, 0.25) is 5.91 Å². The summed E-state index contributed by atoms with van der Waals surface area (Å²) >= 11 is 5.89. The molecule has 0 saturated carbocycles. The molecular formula is C26H29ClFN3O3. The lowest BCUT2D eigenvalue weighted by Crippen LogP contribution is -2.27. The van der Waals surface area contributed by atoms with Gasteiger partial charge in [-0.2, -0.15) is 0 Å². The topological polar surface area (TPSA) is 65.4 Å². The zero-order valence-corrected chi connectivity index (χ0v) is 20.4. The minimum absolute atomic E-state index is 0.160. The van der Waals surface area contributed by atoms with Gasteiger partial charge in [-0.1, -0.05) is 12.1 Å². The summed E-state index contributed by atoms with van der Waals surface area (Å²) in [5.74, 6) is 0.754. The number of nitrogens with zero attached hydrogens (tertiary/aromatic N) is 2. The molecule has 3 rings (SSSR count). The van der Waals surface area contributed by atoms with Gasteiger partial charge < -0.3 is 19.4 Å². The molecule has 0 fully saturated rings. The highest BCUT2D eigenvalue weighted by molar-refractivity contribution is 6.17. The molecule has 3 aromatic rings.